The van der Waals surface area contributed by atoms with Gasteiger partial charge in [-0.05, 0) is 24.6 Å². The molecule has 1 fully saturated rings. The average molecular weight is 325 g/mol. The second-order valence-electron chi connectivity index (χ2n) is 4.73. The largest absolute Gasteiger partial charge is 0.494 e. The average Bonchev–Trinajstić information content (AvgIpc) is 2.41. The highest BCUT2D eigenvalue weighted by atomic mass is 35.5. The summed E-state index contributed by atoms with van der Waals surface area (Å²) < 4.78 is 45.3. The molecule has 7 heteroatoms. The second-order valence-corrected chi connectivity index (χ2v) is 4.73. The molecule has 0 unspecified atom stereocenters. The van der Waals surface area contributed by atoms with E-state index in [-0.39, 0.29) is 18.0 Å². The monoisotopic (exact) mass is 324 g/mol. The van der Waals surface area contributed by atoms with Gasteiger partial charge < -0.3 is 10.1 Å². The summed E-state index contributed by atoms with van der Waals surface area (Å²) in [5.41, 5.74) is 0.267. The number of piperazine rings is 1. The van der Waals surface area contributed by atoms with Crippen LogP contribution < -0.4 is 10.1 Å². The summed E-state index contributed by atoms with van der Waals surface area (Å²) in [6.45, 7) is 4.31. The minimum Gasteiger partial charge on any atom is -0.494 e. The van der Waals surface area contributed by atoms with Gasteiger partial charge in [0, 0.05) is 26.2 Å². The Kier molecular flexibility index (Phi) is 6.77. The number of benzene rings is 1. The minimum atomic E-state index is -4.27. The first-order chi connectivity index (χ1) is 9.52. The molecular weight excluding hydrogens is 305 g/mol. The standard InChI is InChI=1S/C14H19F3N2O.ClH/c1-2-20-12-5-3-11(4-6-12)13(14(15,16)17)19-9-7-18-8-10-19;/h3-6,13,18H,2,7-10H2,1H3;1H/t13-;/m1./s1. The van der Waals surface area contributed by atoms with Crippen LogP contribution in [-0.2, 0) is 0 Å². The van der Waals surface area contributed by atoms with Gasteiger partial charge in [-0.15, -0.1) is 12.4 Å². The highest BCUT2D eigenvalue weighted by Gasteiger charge is 2.44. The molecule has 1 saturated heterocycles. The van der Waals surface area contributed by atoms with Gasteiger partial charge in [0.05, 0.1) is 6.61 Å². The third-order valence-corrected chi connectivity index (χ3v) is 3.33. The SMILES string of the molecule is CCOc1ccc([C@@H](N2CCNCC2)C(F)(F)F)cc1.Cl. The fourth-order valence-electron chi connectivity index (χ4n) is 2.46. The van der Waals surface area contributed by atoms with Crippen molar-refractivity contribution in [3.05, 3.63) is 29.8 Å². The van der Waals surface area contributed by atoms with E-state index >= 15 is 0 Å². The number of nitrogens with zero attached hydrogens (tertiary/aromatic N) is 1. The Labute approximate surface area is 128 Å². The van der Waals surface area contributed by atoms with Gasteiger partial charge >= 0.3 is 6.18 Å². The van der Waals surface area contributed by atoms with Gasteiger partial charge in [-0.25, -0.2) is 0 Å². The Morgan fingerprint density at radius 1 is 1.19 bits per heavy atom. The smallest absolute Gasteiger partial charge is 0.408 e. The predicted octanol–water partition coefficient (Wildman–Crippen LogP) is 3.02. The van der Waals surface area contributed by atoms with Gasteiger partial charge in [0.25, 0.3) is 0 Å². The maximum Gasteiger partial charge on any atom is 0.408 e. The number of nitrogens with one attached hydrogen (secondary N) is 1. The van der Waals surface area contributed by atoms with E-state index in [1.54, 1.807) is 12.1 Å². The lowest BCUT2D eigenvalue weighted by Gasteiger charge is -2.36. The highest BCUT2D eigenvalue weighted by molar-refractivity contribution is 5.85. The van der Waals surface area contributed by atoms with Crippen molar-refractivity contribution in [3.8, 4) is 5.75 Å². The number of hydrogen-bond donors (Lipinski definition) is 1. The van der Waals surface area contributed by atoms with Gasteiger partial charge in [0.15, 0.2) is 0 Å². The van der Waals surface area contributed by atoms with Crippen molar-refractivity contribution in [2.45, 2.75) is 19.1 Å². The fraction of sp³-hybridized carbons (Fsp3) is 0.571. The van der Waals surface area contributed by atoms with Crippen LogP contribution >= 0.6 is 12.4 Å². The van der Waals surface area contributed by atoms with Crippen molar-refractivity contribution in [1.29, 1.82) is 0 Å². The second kappa shape index (κ2) is 7.87. The molecule has 0 aromatic heterocycles. The first-order valence-electron chi connectivity index (χ1n) is 6.76. The number of hydrogen-bond acceptors (Lipinski definition) is 3. The zero-order valence-electron chi connectivity index (χ0n) is 11.8. The molecule has 0 bridgehead atoms. The summed E-state index contributed by atoms with van der Waals surface area (Å²) >= 11 is 0. The van der Waals surface area contributed by atoms with Crippen molar-refractivity contribution in [3.63, 3.8) is 0 Å². The quantitative estimate of drug-likeness (QED) is 0.921. The Morgan fingerprint density at radius 3 is 2.24 bits per heavy atom. The van der Waals surface area contributed by atoms with Crippen molar-refractivity contribution >= 4 is 12.4 Å². The normalized spacial score (nSPS) is 17.9. The van der Waals surface area contributed by atoms with Gasteiger partial charge in [0.1, 0.15) is 11.8 Å². The molecule has 0 aliphatic carbocycles. The van der Waals surface area contributed by atoms with Gasteiger partial charge in [-0.2, -0.15) is 13.2 Å². The molecule has 0 saturated carbocycles. The predicted molar refractivity (Wildman–Crippen MR) is 78.1 cm³/mol. The van der Waals surface area contributed by atoms with E-state index < -0.39 is 12.2 Å². The Morgan fingerprint density at radius 2 is 1.76 bits per heavy atom. The third-order valence-electron chi connectivity index (χ3n) is 3.33. The summed E-state index contributed by atoms with van der Waals surface area (Å²) in [4.78, 5) is 1.48. The topological polar surface area (TPSA) is 24.5 Å². The van der Waals surface area contributed by atoms with Crippen LogP contribution in [0.1, 0.15) is 18.5 Å². The Bertz CT molecular complexity index is 419. The molecule has 120 valence electrons. The molecule has 1 aliphatic heterocycles. The lowest BCUT2D eigenvalue weighted by molar-refractivity contribution is -0.187. The first-order valence-corrected chi connectivity index (χ1v) is 6.76. The van der Waals surface area contributed by atoms with E-state index in [4.69, 9.17) is 4.74 Å². The van der Waals surface area contributed by atoms with E-state index in [0.29, 0.717) is 38.5 Å². The highest BCUT2D eigenvalue weighted by Crippen LogP contribution is 2.38. The van der Waals surface area contributed by atoms with Crippen LogP contribution in [0.2, 0.25) is 0 Å². The molecule has 1 heterocycles. The van der Waals surface area contributed by atoms with Crippen LogP contribution in [-0.4, -0.2) is 43.9 Å². The molecule has 1 aliphatic rings. The van der Waals surface area contributed by atoms with Crippen molar-refractivity contribution < 1.29 is 17.9 Å². The summed E-state index contributed by atoms with van der Waals surface area (Å²) in [6.07, 6.45) is -4.27. The lowest BCUT2D eigenvalue weighted by atomic mass is 10.0. The van der Waals surface area contributed by atoms with E-state index in [9.17, 15) is 13.2 Å². The van der Waals surface area contributed by atoms with Crippen LogP contribution in [0.25, 0.3) is 0 Å². The molecule has 21 heavy (non-hydrogen) atoms. The van der Waals surface area contributed by atoms with E-state index in [1.807, 2.05) is 6.92 Å². The number of halogens is 4. The molecule has 1 N–H and O–H groups in total. The molecule has 1 aromatic carbocycles. The van der Waals surface area contributed by atoms with Crippen LogP contribution in [0.5, 0.6) is 5.75 Å². The zero-order valence-corrected chi connectivity index (χ0v) is 12.6. The van der Waals surface area contributed by atoms with Crippen molar-refractivity contribution in [1.82, 2.24) is 10.2 Å². The zero-order chi connectivity index (χ0) is 14.6. The Hall–Kier alpha value is -0.980. The Balaban J connectivity index is 0.00000220. The molecule has 0 spiro atoms. The summed E-state index contributed by atoms with van der Waals surface area (Å²) in [7, 11) is 0. The molecule has 2 rings (SSSR count). The number of rotatable bonds is 4. The van der Waals surface area contributed by atoms with Gasteiger partial charge in [-0.1, -0.05) is 12.1 Å². The molecule has 3 nitrogen and oxygen atoms in total. The van der Waals surface area contributed by atoms with Crippen molar-refractivity contribution in [2.24, 2.45) is 0 Å². The van der Waals surface area contributed by atoms with Gasteiger partial charge in [0.2, 0.25) is 0 Å². The molecule has 0 radical (unpaired) electrons. The maximum atomic E-state index is 13.3. The van der Waals surface area contributed by atoms with Crippen LogP contribution in [0, 0.1) is 0 Å². The fourth-order valence-corrected chi connectivity index (χ4v) is 2.46. The van der Waals surface area contributed by atoms with E-state index in [0.717, 1.165) is 0 Å². The lowest BCUT2D eigenvalue weighted by Crippen LogP contribution is -2.49. The molecule has 1 atom stereocenters. The molecule has 1 aromatic rings. The first kappa shape index (κ1) is 18.1. The molecule has 0 amide bonds. The van der Waals surface area contributed by atoms with Crippen molar-refractivity contribution in [2.75, 3.05) is 32.8 Å². The third kappa shape index (κ3) is 4.76. The summed E-state index contributed by atoms with van der Waals surface area (Å²) in [5.74, 6) is 0.595. The summed E-state index contributed by atoms with van der Waals surface area (Å²) in [5, 5.41) is 3.07. The van der Waals surface area contributed by atoms with Gasteiger partial charge in [-0.3, -0.25) is 4.90 Å². The molecular formula is C14H20ClF3N2O. The van der Waals surface area contributed by atoms with Crippen LogP contribution in [0.4, 0.5) is 13.2 Å². The van der Waals surface area contributed by atoms with E-state index in [1.165, 1.54) is 17.0 Å². The number of alkyl halides is 3. The summed E-state index contributed by atoms with van der Waals surface area (Å²) in [6, 6.07) is 4.66. The van der Waals surface area contributed by atoms with Crippen LogP contribution in [0.15, 0.2) is 24.3 Å². The maximum absolute atomic E-state index is 13.3. The minimum absolute atomic E-state index is 0. The van der Waals surface area contributed by atoms with Crippen LogP contribution in [0.3, 0.4) is 0 Å². The van der Waals surface area contributed by atoms with E-state index in [2.05, 4.69) is 5.32 Å². The number of ether oxygens (including phenoxy) is 1.